The average molecular weight is 271 g/mol. The summed E-state index contributed by atoms with van der Waals surface area (Å²) in [6.45, 7) is 0. The summed E-state index contributed by atoms with van der Waals surface area (Å²) in [5, 5.41) is 13.3. The Morgan fingerprint density at radius 1 is 1.35 bits per heavy atom. The van der Waals surface area contributed by atoms with E-state index in [1.807, 2.05) is 0 Å². The van der Waals surface area contributed by atoms with E-state index in [-0.39, 0.29) is 11.5 Å². The van der Waals surface area contributed by atoms with E-state index in [1.165, 1.54) is 31.5 Å². The number of methoxy groups -OCH3 is 1. The number of aromatic nitrogens is 1. The summed E-state index contributed by atoms with van der Waals surface area (Å²) in [6, 6.07) is 7.83. The first-order valence-electron chi connectivity index (χ1n) is 5.81. The van der Waals surface area contributed by atoms with E-state index in [0.717, 1.165) is 5.56 Å². The normalized spacial score (nSPS) is 10.4. The molecule has 0 aliphatic heterocycles. The number of phenols is 1. The monoisotopic (exact) mass is 271 g/mol. The fourth-order valence-electron chi connectivity index (χ4n) is 1.50. The zero-order valence-corrected chi connectivity index (χ0v) is 10.8. The third-order valence-corrected chi connectivity index (χ3v) is 2.53. The number of ether oxygens (including phenoxy) is 1. The minimum Gasteiger partial charge on any atom is -0.504 e. The number of nitrogens with one attached hydrogen (secondary N) is 1. The van der Waals surface area contributed by atoms with Crippen LogP contribution in [0.15, 0.2) is 47.8 Å². The van der Waals surface area contributed by atoms with E-state index in [9.17, 15) is 9.90 Å². The molecule has 0 aliphatic carbocycles. The molecule has 0 saturated heterocycles. The summed E-state index contributed by atoms with van der Waals surface area (Å²) >= 11 is 0. The second-order valence-electron chi connectivity index (χ2n) is 3.87. The van der Waals surface area contributed by atoms with Crippen LogP contribution in [-0.4, -0.2) is 29.3 Å². The Morgan fingerprint density at radius 3 is 2.80 bits per heavy atom. The number of rotatable bonds is 4. The highest BCUT2D eigenvalue weighted by molar-refractivity contribution is 5.95. The smallest absolute Gasteiger partial charge is 0.271 e. The van der Waals surface area contributed by atoms with Crippen LogP contribution in [0.2, 0.25) is 0 Å². The van der Waals surface area contributed by atoms with Gasteiger partial charge < -0.3 is 9.84 Å². The van der Waals surface area contributed by atoms with Crippen LogP contribution in [0.25, 0.3) is 0 Å². The number of phenolic OH excluding ortho intramolecular Hbond substituents is 1. The zero-order chi connectivity index (χ0) is 14.4. The fourth-order valence-corrected chi connectivity index (χ4v) is 1.50. The minimum atomic E-state index is -0.395. The largest absolute Gasteiger partial charge is 0.504 e. The first kappa shape index (κ1) is 13.5. The molecule has 20 heavy (non-hydrogen) atoms. The molecule has 0 atom stereocenters. The first-order valence-corrected chi connectivity index (χ1v) is 5.81. The number of aromatic hydroxyl groups is 1. The molecule has 2 N–H and O–H groups in total. The number of hydrogen-bond donors (Lipinski definition) is 2. The van der Waals surface area contributed by atoms with Crippen molar-refractivity contribution in [3.63, 3.8) is 0 Å². The third kappa shape index (κ3) is 3.32. The van der Waals surface area contributed by atoms with Crippen LogP contribution in [0.1, 0.15) is 15.9 Å². The number of benzene rings is 1. The van der Waals surface area contributed by atoms with Gasteiger partial charge in [-0.05, 0) is 35.9 Å². The van der Waals surface area contributed by atoms with Crippen LogP contribution in [-0.2, 0) is 0 Å². The van der Waals surface area contributed by atoms with Gasteiger partial charge in [0.1, 0.15) is 0 Å². The molecule has 0 radical (unpaired) electrons. The minimum absolute atomic E-state index is 0.0238. The Bertz CT molecular complexity index is 627. The number of hydrogen-bond acceptors (Lipinski definition) is 5. The van der Waals surface area contributed by atoms with Gasteiger partial charge in [-0.2, -0.15) is 5.10 Å². The summed E-state index contributed by atoms with van der Waals surface area (Å²) in [5.74, 6) is -0.186. The van der Waals surface area contributed by atoms with Gasteiger partial charge in [0, 0.05) is 18.0 Å². The predicted molar refractivity (Wildman–Crippen MR) is 74.0 cm³/mol. The van der Waals surface area contributed by atoms with Gasteiger partial charge in [0.05, 0.1) is 13.3 Å². The van der Waals surface area contributed by atoms with Gasteiger partial charge in [0.15, 0.2) is 11.5 Å². The molecule has 102 valence electrons. The molecule has 1 heterocycles. The van der Waals surface area contributed by atoms with Gasteiger partial charge in [-0.25, -0.2) is 5.43 Å². The van der Waals surface area contributed by atoms with Crippen molar-refractivity contribution in [3.05, 3.63) is 53.9 Å². The van der Waals surface area contributed by atoms with E-state index in [4.69, 9.17) is 4.74 Å². The van der Waals surface area contributed by atoms with Gasteiger partial charge in [0.2, 0.25) is 0 Å². The molecule has 1 amide bonds. The lowest BCUT2D eigenvalue weighted by molar-refractivity contribution is 0.0955. The van der Waals surface area contributed by atoms with Crippen molar-refractivity contribution in [3.8, 4) is 11.5 Å². The van der Waals surface area contributed by atoms with Crippen LogP contribution in [0.5, 0.6) is 11.5 Å². The Kier molecular flexibility index (Phi) is 4.28. The molecule has 0 bridgehead atoms. The van der Waals surface area contributed by atoms with E-state index >= 15 is 0 Å². The molecule has 0 saturated carbocycles. The van der Waals surface area contributed by atoms with E-state index in [1.54, 1.807) is 24.5 Å². The molecule has 1 aromatic carbocycles. The quantitative estimate of drug-likeness (QED) is 0.653. The second-order valence-corrected chi connectivity index (χ2v) is 3.87. The number of pyridine rings is 1. The second kappa shape index (κ2) is 6.33. The molecule has 0 unspecified atom stereocenters. The maximum absolute atomic E-state index is 11.8. The van der Waals surface area contributed by atoms with Crippen LogP contribution in [0.4, 0.5) is 0 Å². The highest BCUT2D eigenvalue weighted by Gasteiger charge is 2.08. The fraction of sp³-hybridized carbons (Fsp3) is 0.0714. The molecule has 6 nitrogen and oxygen atoms in total. The van der Waals surface area contributed by atoms with E-state index in [0.29, 0.717) is 5.56 Å². The number of hydrazone groups is 1. The summed E-state index contributed by atoms with van der Waals surface area (Å²) in [5.41, 5.74) is 3.55. The van der Waals surface area contributed by atoms with Gasteiger partial charge in [0.25, 0.3) is 5.91 Å². The SMILES string of the molecule is COc1cc(C(=O)NN=Cc2ccncc2)ccc1O. The van der Waals surface area contributed by atoms with Crippen molar-refractivity contribution in [2.45, 2.75) is 0 Å². The van der Waals surface area contributed by atoms with Crippen molar-refractivity contribution < 1.29 is 14.6 Å². The van der Waals surface area contributed by atoms with Gasteiger partial charge >= 0.3 is 0 Å². The Morgan fingerprint density at radius 2 is 2.10 bits per heavy atom. The van der Waals surface area contributed by atoms with Gasteiger partial charge in [-0.1, -0.05) is 0 Å². The van der Waals surface area contributed by atoms with Gasteiger partial charge in [-0.15, -0.1) is 0 Å². The third-order valence-electron chi connectivity index (χ3n) is 2.53. The van der Waals surface area contributed by atoms with Crippen LogP contribution in [0.3, 0.4) is 0 Å². The molecule has 2 rings (SSSR count). The van der Waals surface area contributed by atoms with Crippen molar-refractivity contribution in [2.24, 2.45) is 5.10 Å². The topological polar surface area (TPSA) is 83.8 Å². The van der Waals surface area contributed by atoms with Crippen LogP contribution in [0, 0.1) is 0 Å². The van der Waals surface area contributed by atoms with Crippen molar-refractivity contribution in [1.82, 2.24) is 10.4 Å². The van der Waals surface area contributed by atoms with Crippen molar-refractivity contribution in [1.29, 1.82) is 0 Å². The Labute approximate surface area is 115 Å². The zero-order valence-electron chi connectivity index (χ0n) is 10.8. The lowest BCUT2D eigenvalue weighted by atomic mass is 10.2. The number of nitrogens with zero attached hydrogens (tertiary/aromatic N) is 2. The standard InChI is InChI=1S/C14H13N3O3/c1-20-13-8-11(2-3-12(13)18)14(19)17-16-9-10-4-6-15-7-5-10/h2-9,18H,1H3,(H,17,19). The predicted octanol–water partition coefficient (Wildman–Crippen LogP) is 1.56. The van der Waals surface area contributed by atoms with E-state index < -0.39 is 5.91 Å². The summed E-state index contributed by atoms with van der Waals surface area (Å²) in [4.78, 5) is 15.7. The summed E-state index contributed by atoms with van der Waals surface area (Å²) in [7, 11) is 1.42. The molecule has 1 aromatic heterocycles. The maximum atomic E-state index is 11.8. The lowest BCUT2D eigenvalue weighted by Crippen LogP contribution is -2.17. The first-order chi connectivity index (χ1) is 9.70. The summed E-state index contributed by atoms with van der Waals surface area (Å²) in [6.07, 6.45) is 4.78. The average Bonchev–Trinajstić information content (AvgIpc) is 2.48. The Hall–Kier alpha value is -2.89. The van der Waals surface area contributed by atoms with E-state index in [2.05, 4.69) is 15.5 Å². The molecule has 0 fully saturated rings. The molecule has 0 spiro atoms. The lowest BCUT2D eigenvalue weighted by Gasteiger charge is -2.05. The highest BCUT2D eigenvalue weighted by Crippen LogP contribution is 2.26. The Balaban J connectivity index is 2.04. The number of carbonyl (C=O) groups excluding carboxylic acids is 1. The number of carbonyl (C=O) groups is 1. The van der Waals surface area contributed by atoms with Crippen LogP contribution < -0.4 is 10.2 Å². The molecular formula is C14H13N3O3. The van der Waals surface area contributed by atoms with Crippen molar-refractivity contribution >= 4 is 12.1 Å². The summed E-state index contributed by atoms with van der Waals surface area (Å²) < 4.78 is 4.93. The molecule has 2 aromatic rings. The maximum Gasteiger partial charge on any atom is 0.271 e. The van der Waals surface area contributed by atoms with Crippen LogP contribution >= 0.6 is 0 Å². The molecule has 6 heteroatoms. The van der Waals surface area contributed by atoms with Crippen molar-refractivity contribution in [2.75, 3.05) is 7.11 Å². The molecule has 0 aliphatic rings. The highest BCUT2D eigenvalue weighted by atomic mass is 16.5. The number of amides is 1. The molecular weight excluding hydrogens is 258 g/mol. The van der Waals surface area contributed by atoms with Gasteiger partial charge in [-0.3, -0.25) is 9.78 Å².